The van der Waals surface area contributed by atoms with E-state index in [1.165, 1.54) is 13.8 Å². The second-order valence-electron chi connectivity index (χ2n) is 2.41. The molecule has 8 nitrogen and oxygen atoms in total. The molecule has 0 fully saturated rings. The Morgan fingerprint density at radius 3 is 1.36 bits per heavy atom. The quantitative estimate of drug-likeness (QED) is 0.639. The minimum Gasteiger partial charge on any atom is -0.292 e. The fourth-order valence-electron chi connectivity index (χ4n) is 0.644. The Morgan fingerprint density at radius 2 is 1.14 bits per heavy atom. The van der Waals surface area contributed by atoms with Crippen molar-refractivity contribution in [2.45, 2.75) is 13.8 Å². The van der Waals surface area contributed by atoms with Crippen molar-refractivity contribution in [3.05, 3.63) is 0 Å². The number of carbonyl (C=O) groups excluding carboxylic acids is 2. The highest BCUT2D eigenvalue weighted by Crippen LogP contribution is 1.95. The monoisotopic (exact) mass is 196 g/mol. The third-order valence-electron chi connectivity index (χ3n) is 1.05. The fourth-order valence-corrected chi connectivity index (χ4v) is 0.644. The van der Waals surface area contributed by atoms with Gasteiger partial charge in [-0.2, -0.15) is 0 Å². The summed E-state index contributed by atoms with van der Waals surface area (Å²) in [6.45, 7) is 2.62. The molecule has 1 rings (SSSR count). The maximum atomic E-state index is 10.6. The van der Waals surface area contributed by atoms with E-state index in [-0.39, 0.29) is 23.7 Å². The van der Waals surface area contributed by atoms with Gasteiger partial charge in [-0.15, -0.1) is 20.4 Å². The van der Waals surface area contributed by atoms with Crippen LogP contribution in [0.4, 0.5) is 11.9 Å². The Bertz CT molecular complexity index is 313. The number of nitrogens with zero attached hydrogens (tertiary/aromatic N) is 4. The lowest BCUT2D eigenvalue weighted by molar-refractivity contribution is -0.115. The Kier molecular flexibility index (Phi) is 3.00. The van der Waals surface area contributed by atoms with Gasteiger partial charge in [-0.05, 0) is 0 Å². The van der Waals surface area contributed by atoms with Crippen molar-refractivity contribution in [3.8, 4) is 0 Å². The predicted octanol–water partition coefficient (Wildman–Crippen LogP) is -0.817. The Morgan fingerprint density at radius 1 is 0.857 bits per heavy atom. The SMILES string of the molecule is CC(=O)Nc1nnc(NC(C)=O)nn1. The number of anilines is 2. The molecule has 0 saturated carbocycles. The summed E-state index contributed by atoms with van der Waals surface area (Å²) in [4.78, 5) is 21.1. The molecule has 0 atom stereocenters. The highest BCUT2D eigenvalue weighted by molar-refractivity contribution is 5.87. The standard InChI is InChI=1S/C6H8N6O2/c1-3(13)7-5-9-11-6(12-10-5)8-4(2)14/h1-2H3,(H,7,9,10,13)(H,8,11,12,14). The first-order chi connectivity index (χ1) is 6.58. The van der Waals surface area contributed by atoms with Crippen molar-refractivity contribution >= 4 is 23.7 Å². The van der Waals surface area contributed by atoms with Gasteiger partial charge in [-0.1, -0.05) is 0 Å². The van der Waals surface area contributed by atoms with Crippen molar-refractivity contribution in [1.82, 2.24) is 20.4 Å². The van der Waals surface area contributed by atoms with Crippen molar-refractivity contribution in [2.24, 2.45) is 0 Å². The Balaban J connectivity index is 2.68. The largest absolute Gasteiger partial charge is 0.292 e. The van der Waals surface area contributed by atoms with E-state index in [1.54, 1.807) is 0 Å². The molecule has 2 N–H and O–H groups in total. The summed E-state index contributed by atoms with van der Waals surface area (Å²) >= 11 is 0. The second-order valence-corrected chi connectivity index (χ2v) is 2.41. The van der Waals surface area contributed by atoms with Gasteiger partial charge < -0.3 is 0 Å². The van der Waals surface area contributed by atoms with Gasteiger partial charge in [0.15, 0.2) is 0 Å². The lowest BCUT2D eigenvalue weighted by Crippen LogP contribution is -2.14. The van der Waals surface area contributed by atoms with Crippen LogP contribution >= 0.6 is 0 Å². The zero-order chi connectivity index (χ0) is 10.6. The van der Waals surface area contributed by atoms with E-state index in [1.807, 2.05) is 0 Å². The molecule has 0 radical (unpaired) electrons. The van der Waals surface area contributed by atoms with E-state index >= 15 is 0 Å². The molecule has 8 heteroatoms. The molecule has 0 spiro atoms. The van der Waals surface area contributed by atoms with Crippen LogP contribution in [0.2, 0.25) is 0 Å². The molecule has 0 bridgehead atoms. The molecule has 74 valence electrons. The number of amides is 2. The lowest BCUT2D eigenvalue weighted by atomic mass is 10.7. The topological polar surface area (TPSA) is 110 Å². The van der Waals surface area contributed by atoms with E-state index < -0.39 is 0 Å². The van der Waals surface area contributed by atoms with Gasteiger partial charge in [0.2, 0.25) is 11.8 Å². The van der Waals surface area contributed by atoms with Gasteiger partial charge in [0.1, 0.15) is 0 Å². The molecular weight excluding hydrogens is 188 g/mol. The molecule has 0 aliphatic rings. The summed E-state index contributed by atoms with van der Waals surface area (Å²) in [6.07, 6.45) is 0. The molecule has 1 aromatic rings. The van der Waals surface area contributed by atoms with Crippen LogP contribution in [0.25, 0.3) is 0 Å². The zero-order valence-corrected chi connectivity index (χ0v) is 7.61. The molecule has 0 aliphatic carbocycles. The number of rotatable bonds is 2. The van der Waals surface area contributed by atoms with E-state index in [9.17, 15) is 9.59 Å². The molecule has 0 saturated heterocycles. The first-order valence-electron chi connectivity index (χ1n) is 3.70. The van der Waals surface area contributed by atoms with Crippen molar-refractivity contribution < 1.29 is 9.59 Å². The Hall–Kier alpha value is -2.12. The zero-order valence-electron chi connectivity index (χ0n) is 7.61. The maximum absolute atomic E-state index is 10.6. The molecule has 0 aliphatic heterocycles. The third-order valence-corrected chi connectivity index (χ3v) is 1.05. The van der Waals surface area contributed by atoms with Gasteiger partial charge in [0.05, 0.1) is 0 Å². The minimum absolute atomic E-state index is 0.00778. The van der Waals surface area contributed by atoms with E-state index in [4.69, 9.17) is 0 Å². The van der Waals surface area contributed by atoms with Crippen LogP contribution in [0.5, 0.6) is 0 Å². The van der Waals surface area contributed by atoms with Gasteiger partial charge in [0, 0.05) is 13.8 Å². The van der Waals surface area contributed by atoms with Crippen LogP contribution in [0.1, 0.15) is 13.8 Å². The Labute approximate surface area is 79.1 Å². The smallest absolute Gasteiger partial charge is 0.268 e. The second kappa shape index (κ2) is 4.21. The number of carbonyl (C=O) groups is 2. The maximum Gasteiger partial charge on any atom is 0.268 e. The van der Waals surface area contributed by atoms with Gasteiger partial charge in [0.25, 0.3) is 11.9 Å². The first kappa shape index (κ1) is 9.96. The number of aromatic nitrogens is 4. The van der Waals surface area contributed by atoms with Crippen molar-refractivity contribution in [1.29, 1.82) is 0 Å². The highest BCUT2D eigenvalue weighted by Gasteiger charge is 2.02. The van der Waals surface area contributed by atoms with Gasteiger partial charge in [-0.3, -0.25) is 20.2 Å². The summed E-state index contributed by atoms with van der Waals surface area (Å²) < 4.78 is 0. The normalized spacial score (nSPS) is 9.29. The van der Waals surface area contributed by atoms with Crippen LogP contribution in [0.15, 0.2) is 0 Å². The van der Waals surface area contributed by atoms with Gasteiger partial charge >= 0.3 is 0 Å². The molecule has 1 heterocycles. The van der Waals surface area contributed by atoms with E-state index in [0.29, 0.717) is 0 Å². The molecule has 2 amide bonds. The minimum atomic E-state index is -0.319. The third kappa shape index (κ3) is 3.09. The summed E-state index contributed by atoms with van der Waals surface area (Å²) in [6, 6.07) is 0. The fraction of sp³-hybridized carbons (Fsp3) is 0.333. The van der Waals surface area contributed by atoms with Gasteiger partial charge in [-0.25, -0.2) is 0 Å². The van der Waals surface area contributed by atoms with Crippen LogP contribution in [-0.2, 0) is 9.59 Å². The van der Waals surface area contributed by atoms with E-state index in [2.05, 4.69) is 31.0 Å². The molecular formula is C6H8N6O2. The molecule has 0 unspecified atom stereocenters. The van der Waals surface area contributed by atoms with E-state index in [0.717, 1.165) is 0 Å². The lowest BCUT2D eigenvalue weighted by Gasteiger charge is -1.99. The molecule has 0 aromatic carbocycles. The summed E-state index contributed by atoms with van der Waals surface area (Å²) in [5.74, 6) is -0.653. The predicted molar refractivity (Wildman–Crippen MR) is 46.2 cm³/mol. The van der Waals surface area contributed by atoms with Crippen LogP contribution in [0, 0.1) is 0 Å². The number of nitrogens with one attached hydrogen (secondary N) is 2. The molecule has 1 aromatic heterocycles. The van der Waals surface area contributed by atoms with Crippen LogP contribution in [0.3, 0.4) is 0 Å². The average Bonchev–Trinajstić information content (AvgIpc) is 2.06. The number of hydrogen-bond acceptors (Lipinski definition) is 6. The van der Waals surface area contributed by atoms with Crippen LogP contribution < -0.4 is 10.6 Å². The van der Waals surface area contributed by atoms with Crippen molar-refractivity contribution in [2.75, 3.05) is 10.6 Å². The van der Waals surface area contributed by atoms with Crippen LogP contribution in [-0.4, -0.2) is 32.2 Å². The average molecular weight is 196 g/mol. The summed E-state index contributed by atoms with van der Waals surface area (Å²) in [5, 5.41) is 18.6. The first-order valence-corrected chi connectivity index (χ1v) is 3.70. The highest BCUT2D eigenvalue weighted by atomic mass is 16.2. The summed E-state index contributed by atoms with van der Waals surface area (Å²) in [7, 11) is 0. The van der Waals surface area contributed by atoms with Crippen molar-refractivity contribution in [3.63, 3.8) is 0 Å². The summed E-state index contributed by atoms with van der Waals surface area (Å²) in [5.41, 5.74) is 0. The number of hydrogen-bond donors (Lipinski definition) is 2. The molecule has 14 heavy (non-hydrogen) atoms.